The van der Waals surface area contributed by atoms with E-state index < -0.39 is 0 Å². The summed E-state index contributed by atoms with van der Waals surface area (Å²) in [7, 11) is 0.228. The molecule has 1 fully saturated rings. The summed E-state index contributed by atoms with van der Waals surface area (Å²) >= 11 is 0. The van der Waals surface area contributed by atoms with Crippen LogP contribution in [0.4, 0.5) is 0 Å². The van der Waals surface area contributed by atoms with Crippen molar-refractivity contribution in [3.63, 3.8) is 0 Å². The lowest BCUT2D eigenvalue weighted by molar-refractivity contribution is 0.102. The van der Waals surface area contributed by atoms with Crippen LogP contribution >= 0.6 is 0 Å². The quantitative estimate of drug-likeness (QED) is 0.628. The molecule has 1 aliphatic heterocycles. The zero-order valence-electron chi connectivity index (χ0n) is 12.1. The molecule has 3 heteroatoms. The maximum atomic E-state index is 12.2. The van der Waals surface area contributed by atoms with Crippen molar-refractivity contribution in [2.45, 2.75) is 26.2 Å². The summed E-state index contributed by atoms with van der Waals surface area (Å²) in [5, 5.41) is 0. The van der Waals surface area contributed by atoms with E-state index in [1.807, 2.05) is 12.1 Å². The lowest BCUT2D eigenvalue weighted by Crippen LogP contribution is -2.31. The maximum Gasteiger partial charge on any atom is 0.211 e. The first-order valence-electron chi connectivity index (χ1n) is 6.82. The Morgan fingerprint density at radius 2 is 1.74 bits per heavy atom. The van der Waals surface area contributed by atoms with Gasteiger partial charge in [-0.15, -0.1) is 0 Å². The number of ether oxygens (including phenoxy) is 1. The van der Waals surface area contributed by atoms with Crippen molar-refractivity contribution in [3.8, 4) is 0 Å². The molecular weight excluding hydrogens is 256 g/mol. The van der Waals surface area contributed by atoms with Gasteiger partial charge in [-0.2, -0.15) is 0 Å². The molecule has 0 aromatic heterocycles. The highest BCUT2D eigenvalue weighted by Crippen LogP contribution is 2.22. The molecule has 1 aliphatic rings. The van der Waals surface area contributed by atoms with E-state index in [0.717, 1.165) is 30.3 Å². The summed E-state index contributed by atoms with van der Waals surface area (Å²) in [6.07, 6.45) is 0. The number of ketones is 1. The van der Waals surface area contributed by atoms with Crippen molar-refractivity contribution in [2.75, 3.05) is 30.5 Å². The molecule has 0 unspecified atom stereocenters. The van der Waals surface area contributed by atoms with Gasteiger partial charge in [-0.1, -0.05) is 45.0 Å². The Kier molecular flexibility index (Phi) is 4.69. The molecule has 0 N–H and O–H groups in total. The Morgan fingerprint density at radius 3 is 2.26 bits per heavy atom. The average Bonchev–Trinajstić information content (AvgIpc) is 2.39. The van der Waals surface area contributed by atoms with E-state index in [1.165, 1.54) is 5.56 Å². The molecule has 0 radical (unpaired) electrons. The lowest BCUT2D eigenvalue weighted by Gasteiger charge is -2.19. The van der Waals surface area contributed by atoms with Crippen LogP contribution in [-0.4, -0.2) is 36.3 Å². The zero-order valence-corrected chi connectivity index (χ0v) is 12.9. The average molecular weight is 279 g/mol. The van der Waals surface area contributed by atoms with Crippen LogP contribution in [0, 0.1) is 0 Å². The van der Waals surface area contributed by atoms with Crippen molar-refractivity contribution in [1.82, 2.24) is 0 Å². The predicted octanol–water partition coefficient (Wildman–Crippen LogP) is 2.82. The van der Waals surface area contributed by atoms with Gasteiger partial charge in [-0.3, -0.25) is 4.79 Å². The standard InChI is InChI=1S/C16H23O2S/c1-16(2,3)14-6-4-13(5-7-14)15(17)12-19-10-8-18-9-11-19/h4-7H,8-12H2,1-3H3/q+1. The first-order chi connectivity index (χ1) is 8.97. The van der Waals surface area contributed by atoms with E-state index in [9.17, 15) is 4.79 Å². The van der Waals surface area contributed by atoms with Gasteiger partial charge in [0, 0.05) is 16.5 Å². The summed E-state index contributed by atoms with van der Waals surface area (Å²) in [5.41, 5.74) is 2.27. The minimum Gasteiger partial charge on any atom is -0.372 e. The van der Waals surface area contributed by atoms with Gasteiger partial charge in [0.05, 0.1) is 13.2 Å². The van der Waals surface area contributed by atoms with Crippen molar-refractivity contribution in [3.05, 3.63) is 35.4 Å². The molecule has 19 heavy (non-hydrogen) atoms. The molecule has 1 aromatic carbocycles. The van der Waals surface area contributed by atoms with Gasteiger partial charge in [0.25, 0.3) is 0 Å². The molecule has 104 valence electrons. The highest BCUT2D eigenvalue weighted by Gasteiger charge is 2.26. The van der Waals surface area contributed by atoms with Crippen molar-refractivity contribution >= 4 is 16.7 Å². The molecule has 1 heterocycles. The Labute approximate surface area is 118 Å². The SMILES string of the molecule is CC(C)(C)c1ccc(C(=O)C[S+]2CCOCC2)cc1. The maximum absolute atomic E-state index is 12.2. The fraction of sp³-hybridized carbons (Fsp3) is 0.562. The summed E-state index contributed by atoms with van der Waals surface area (Å²) in [5.74, 6) is 3.07. The number of hydrogen-bond donors (Lipinski definition) is 0. The molecule has 2 rings (SSSR count). The minimum atomic E-state index is 0.143. The van der Waals surface area contributed by atoms with Gasteiger partial charge in [-0.05, 0) is 11.0 Å². The third-order valence-corrected chi connectivity index (χ3v) is 5.60. The van der Waals surface area contributed by atoms with Gasteiger partial charge >= 0.3 is 0 Å². The third-order valence-electron chi connectivity index (χ3n) is 3.44. The molecule has 0 bridgehead atoms. The van der Waals surface area contributed by atoms with Crippen LogP contribution in [0.5, 0.6) is 0 Å². The van der Waals surface area contributed by atoms with E-state index in [1.54, 1.807) is 0 Å². The van der Waals surface area contributed by atoms with E-state index in [0.29, 0.717) is 5.75 Å². The van der Waals surface area contributed by atoms with Crippen LogP contribution in [0.15, 0.2) is 24.3 Å². The van der Waals surface area contributed by atoms with Crippen LogP contribution in [0.2, 0.25) is 0 Å². The molecule has 0 amide bonds. The van der Waals surface area contributed by atoms with Gasteiger partial charge in [0.15, 0.2) is 5.75 Å². The highest BCUT2D eigenvalue weighted by molar-refractivity contribution is 7.97. The molecule has 1 saturated heterocycles. The fourth-order valence-corrected chi connectivity index (χ4v) is 3.86. The molecule has 1 aromatic rings. The van der Waals surface area contributed by atoms with Gasteiger partial charge in [0.2, 0.25) is 5.78 Å². The Balaban J connectivity index is 1.99. The lowest BCUT2D eigenvalue weighted by atomic mass is 9.86. The van der Waals surface area contributed by atoms with Gasteiger partial charge in [0.1, 0.15) is 11.5 Å². The third kappa shape index (κ3) is 4.08. The van der Waals surface area contributed by atoms with Crippen molar-refractivity contribution in [1.29, 1.82) is 0 Å². The monoisotopic (exact) mass is 279 g/mol. The van der Waals surface area contributed by atoms with E-state index in [4.69, 9.17) is 4.74 Å². The summed E-state index contributed by atoms with van der Waals surface area (Å²) in [6.45, 7) is 8.20. The van der Waals surface area contributed by atoms with Crippen LogP contribution in [-0.2, 0) is 21.0 Å². The number of carbonyl (C=O) groups is 1. The minimum absolute atomic E-state index is 0.143. The molecule has 0 spiro atoms. The van der Waals surface area contributed by atoms with Crippen molar-refractivity contribution in [2.24, 2.45) is 0 Å². The van der Waals surface area contributed by atoms with Crippen LogP contribution < -0.4 is 0 Å². The molecular formula is C16H23O2S+. The normalized spacial score (nSPS) is 17.4. The van der Waals surface area contributed by atoms with E-state index in [-0.39, 0.29) is 22.1 Å². The second-order valence-electron chi connectivity index (χ2n) is 6.03. The van der Waals surface area contributed by atoms with Crippen LogP contribution in [0.1, 0.15) is 36.7 Å². The highest BCUT2D eigenvalue weighted by atomic mass is 32.2. The van der Waals surface area contributed by atoms with Crippen LogP contribution in [0.25, 0.3) is 0 Å². The molecule has 0 saturated carbocycles. The van der Waals surface area contributed by atoms with Gasteiger partial charge < -0.3 is 4.74 Å². The number of benzene rings is 1. The number of carbonyl (C=O) groups excluding carboxylic acids is 1. The number of rotatable bonds is 3. The molecule has 2 nitrogen and oxygen atoms in total. The number of Topliss-reactive ketones (excluding diaryl/α,β-unsaturated/α-hetero) is 1. The first-order valence-corrected chi connectivity index (χ1v) is 8.55. The van der Waals surface area contributed by atoms with E-state index in [2.05, 4.69) is 32.9 Å². The second kappa shape index (κ2) is 6.10. The second-order valence-corrected chi connectivity index (χ2v) is 8.36. The Bertz CT molecular complexity index is 425. The molecule has 0 atom stereocenters. The Hall–Kier alpha value is -0.800. The van der Waals surface area contributed by atoms with Gasteiger partial charge in [-0.25, -0.2) is 0 Å². The summed E-state index contributed by atoms with van der Waals surface area (Å²) in [6, 6.07) is 8.13. The topological polar surface area (TPSA) is 26.3 Å². The smallest absolute Gasteiger partial charge is 0.211 e. The Morgan fingerprint density at radius 1 is 1.16 bits per heavy atom. The van der Waals surface area contributed by atoms with Crippen LogP contribution in [0.3, 0.4) is 0 Å². The van der Waals surface area contributed by atoms with E-state index >= 15 is 0 Å². The predicted molar refractivity (Wildman–Crippen MR) is 82.3 cm³/mol. The van der Waals surface area contributed by atoms with Crippen molar-refractivity contribution < 1.29 is 9.53 Å². The first kappa shape index (κ1) is 14.6. The zero-order chi connectivity index (χ0) is 13.9. The summed E-state index contributed by atoms with van der Waals surface area (Å²) < 4.78 is 5.34. The molecule has 0 aliphatic carbocycles. The largest absolute Gasteiger partial charge is 0.372 e. The number of hydrogen-bond acceptors (Lipinski definition) is 2. The summed E-state index contributed by atoms with van der Waals surface area (Å²) in [4.78, 5) is 12.2. The fourth-order valence-electron chi connectivity index (χ4n) is 2.13.